The smallest absolute Gasteiger partial charge is 0.240 e. The van der Waals surface area contributed by atoms with Gasteiger partial charge in [0.05, 0.1) is 4.90 Å². The van der Waals surface area contributed by atoms with Crippen LogP contribution in [0.15, 0.2) is 89.8 Å². The van der Waals surface area contributed by atoms with E-state index >= 15 is 0 Å². The number of rotatable bonds is 9. The van der Waals surface area contributed by atoms with Gasteiger partial charge in [0.25, 0.3) is 0 Å². The molecule has 0 aliphatic rings. The summed E-state index contributed by atoms with van der Waals surface area (Å²) in [4.78, 5) is 12.7. The van der Waals surface area contributed by atoms with E-state index in [4.69, 9.17) is 0 Å². The first-order chi connectivity index (χ1) is 14.5. The molecule has 0 spiro atoms. The number of aryl methyl sites for hydroxylation is 1. The van der Waals surface area contributed by atoms with Gasteiger partial charge in [-0.3, -0.25) is 4.79 Å². The Morgan fingerprint density at radius 3 is 1.87 bits per heavy atom. The van der Waals surface area contributed by atoms with Crippen molar-refractivity contribution in [1.29, 1.82) is 0 Å². The Balaban J connectivity index is 1.58. The summed E-state index contributed by atoms with van der Waals surface area (Å²) < 4.78 is 25.9. The van der Waals surface area contributed by atoms with Crippen LogP contribution in [0.4, 0.5) is 0 Å². The predicted octanol–water partition coefficient (Wildman–Crippen LogP) is 3.48. The van der Waals surface area contributed by atoms with Gasteiger partial charge in [-0.05, 0) is 42.3 Å². The number of hydrogen-bond acceptors (Lipinski definition) is 3. The molecular formula is C24H26N2O3S. The third-order valence-corrected chi connectivity index (χ3v) is 6.48. The molecule has 3 aromatic rings. The number of hydrogen-bond donors (Lipinski definition) is 2. The summed E-state index contributed by atoms with van der Waals surface area (Å²) >= 11 is 0. The van der Waals surface area contributed by atoms with Crippen molar-refractivity contribution in [2.45, 2.75) is 23.7 Å². The molecule has 0 saturated carbocycles. The van der Waals surface area contributed by atoms with Crippen molar-refractivity contribution in [2.24, 2.45) is 0 Å². The molecule has 3 aromatic carbocycles. The van der Waals surface area contributed by atoms with Crippen LogP contribution in [0.3, 0.4) is 0 Å². The minimum atomic E-state index is -3.45. The summed E-state index contributed by atoms with van der Waals surface area (Å²) in [5.74, 6) is 0.0566. The lowest BCUT2D eigenvalue weighted by Crippen LogP contribution is -2.29. The van der Waals surface area contributed by atoms with Crippen LogP contribution >= 0.6 is 0 Å². The minimum absolute atomic E-state index is 0.0289. The molecule has 0 unspecified atom stereocenters. The van der Waals surface area contributed by atoms with Crippen molar-refractivity contribution in [3.8, 4) is 0 Å². The third kappa shape index (κ3) is 5.78. The van der Waals surface area contributed by atoms with Crippen molar-refractivity contribution < 1.29 is 13.2 Å². The zero-order valence-electron chi connectivity index (χ0n) is 16.9. The minimum Gasteiger partial charge on any atom is -0.355 e. The molecule has 3 rings (SSSR count). The summed E-state index contributed by atoms with van der Waals surface area (Å²) in [6.45, 7) is 0.520. The average molecular weight is 423 g/mol. The third-order valence-electron chi connectivity index (χ3n) is 5.05. The lowest BCUT2D eigenvalue weighted by atomic mass is 9.91. The lowest BCUT2D eigenvalue weighted by molar-refractivity contribution is -0.121. The van der Waals surface area contributed by atoms with Crippen LogP contribution in [-0.2, 0) is 21.2 Å². The highest BCUT2D eigenvalue weighted by Crippen LogP contribution is 2.23. The molecule has 0 aliphatic carbocycles. The van der Waals surface area contributed by atoms with E-state index in [0.717, 1.165) is 16.7 Å². The van der Waals surface area contributed by atoms with Crippen LogP contribution in [0.2, 0.25) is 0 Å². The zero-order chi connectivity index (χ0) is 21.4. The van der Waals surface area contributed by atoms with Gasteiger partial charge in [-0.2, -0.15) is 0 Å². The van der Waals surface area contributed by atoms with Crippen molar-refractivity contribution >= 4 is 15.9 Å². The highest BCUT2D eigenvalue weighted by atomic mass is 32.2. The molecule has 156 valence electrons. The van der Waals surface area contributed by atoms with Crippen LogP contribution < -0.4 is 10.0 Å². The van der Waals surface area contributed by atoms with E-state index in [1.807, 2.05) is 36.4 Å². The van der Waals surface area contributed by atoms with Gasteiger partial charge in [-0.25, -0.2) is 13.1 Å². The van der Waals surface area contributed by atoms with Gasteiger partial charge in [-0.15, -0.1) is 0 Å². The molecule has 1 amide bonds. The van der Waals surface area contributed by atoms with Gasteiger partial charge in [-0.1, -0.05) is 72.8 Å². The monoisotopic (exact) mass is 422 g/mol. The number of nitrogens with one attached hydrogen (secondary N) is 2. The largest absolute Gasteiger partial charge is 0.355 e. The van der Waals surface area contributed by atoms with Gasteiger partial charge >= 0.3 is 0 Å². The maximum atomic E-state index is 12.4. The second-order valence-electron chi connectivity index (χ2n) is 7.03. The van der Waals surface area contributed by atoms with Gasteiger partial charge in [0.1, 0.15) is 0 Å². The van der Waals surface area contributed by atoms with Crippen LogP contribution in [0.25, 0.3) is 0 Å². The fourth-order valence-electron chi connectivity index (χ4n) is 3.31. The van der Waals surface area contributed by atoms with E-state index in [2.05, 4.69) is 34.3 Å². The van der Waals surface area contributed by atoms with Gasteiger partial charge < -0.3 is 5.32 Å². The predicted molar refractivity (Wildman–Crippen MR) is 119 cm³/mol. The molecular weight excluding hydrogens is 396 g/mol. The number of benzene rings is 3. The molecule has 2 N–H and O–H groups in total. The van der Waals surface area contributed by atoms with Crippen LogP contribution in [0.1, 0.15) is 29.0 Å². The SMILES string of the molecule is CNS(=O)(=O)c1ccc(CCC(=O)NCC(c2ccccc2)c2ccccc2)cc1. The maximum absolute atomic E-state index is 12.4. The Labute approximate surface area is 178 Å². The Morgan fingerprint density at radius 1 is 0.833 bits per heavy atom. The lowest BCUT2D eigenvalue weighted by Gasteiger charge is -2.19. The van der Waals surface area contributed by atoms with Gasteiger partial charge in [0.2, 0.25) is 15.9 Å². The fourth-order valence-corrected chi connectivity index (χ4v) is 4.04. The second-order valence-corrected chi connectivity index (χ2v) is 8.92. The number of carbonyl (C=O) groups excluding carboxylic acids is 1. The molecule has 0 radical (unpaired) electrons. The highest BCUT2D eigenvalue weighted by molar-refractivity contribution is 7.89. The summed E-state index contributed by atoms with van der Waals surface area (Å²) in [6.07, 6.45) is 0.890. The van der Waals surface area contributed by atoms with Crippen molar-refractivity contribution in [1.82, 2.24) is 10.0 Å². The standard InChI is InChI=1S/C24H26N2O3S/c1-25-30(28,29)22-15-12-19(13-16-22)14-17-24(27)26-18-23(20-8-4-2-5-9-20)21-10-6-3-7-11-21/h2-13,15-16,23,25H,14,17-18H2,1H3,(H,26,27). The highest BCUT2D eigenvalue weighted by Gasteiger charge is 2.15. The Morgan fingerprint density at radius 2 is 1.37 bits per heavy atom. The molecule has 5 nitrogen and oxygen atoms in total. The number of amides is 1. The first-order valence-electron chi connectivity index (χ1n) is 9.88. The van der Waals surface area contributed by atoms with Crippen molar-refractivity contribution in [3.05, 3.63) is 102 Å². The van der Waals surface area contributed by atoms with Crippen LogP contribution in [0.5, 0.6) is 0 Å². The molecule has 0 bridgehead atoms. The zero-order valence-corrected chi connectivity index (χ0v) is 17.7. The van der Waals surface area contributed by atoms with Crippen LogP contribution in [-0.4, -0.2) is 27.9 Å². The van der Waals surface area contributed by atoms with Crippen molar-refractivity contribution in [2.75, 3.05) is 13.6 Å². The molecule has 30 heavy (non-hydrogen) atoms. The van der Waals surface area contributed by atoms with E-state index in [0.29, 0.717) is 19.4 Å². The maximum Gasteiger partial charge on any atom is 0.240 e. The molecule has 0 aliphatic heterocycles. The summed E-state index contributed by atoms with van der Waals surface area (Å²) in [5, 5.41) is 3.05. The van der Waals surface area contributed by atoms with E-state index in [-0.39, 0.29) is 16.7 Å². The first kappa shape index (κ1) is 21.7. The quantitative estimate of drug-likeness (QED) is 0.554. The molecule has 6 heteroatoms. The van der Waals surface area contributed by atoms with Crippen LogP contribution in [0, 0.1) is 0 Å². The van der Waals surface area contributed by atoms with E-state index < -0.39 is 10.0 Å². The molecule has 0 fully saturated rings. The summed E-state index contributed by atoms with van der Waals surface area (Å²) in [6, 6.07) is 26.9. The second kappa shape index (κ2) is 10.2. The normalized spacial score (nSPS) is 11.4. The summed E-state index contributed by atoms with van der Waals surface area (Å²) in [5.41, 5.74) is 3.23. The molecule has 0 atom stereocenters. The molecule has 0 aromatic heterocycles. The van der Waals surface area contributed by atoms with Crippen molar-refractivity contribution in [3.63, 3.8) is 0 Å². The first-order valence-corrected chi connectivity index (χ1v) is 11.4. The van der Waals surface area contributed by atoms with E-state index in [1.54, 1.807) is 24.3 Å². The van der Waals surface area contributed by atoms with E-state index in [9.17, 15) is 13.2 Å². The number of carbonyl (C=O) groups is 1. The number of sulfonamides is 1. The Hall–Kier alpha value is -2.96. The Bertz CT molecular complexity index is 1010. The van der Waals surface area contributed by atoms with Gasteiger partial charge in [0.15, 0.2) is 0 Å². The van der Waals surface area contributed by atoms with E-state index in [1.165, 1.54) is 7.05 Å². The topological polar surface area (TPSA) is 75.3 Å². The molecule has 0 saturated heterocycles. The average Bonchev–Trinajstić information content (AvgIpc) is 2.79. The molecule has 0 heterocycles. The van der Waals surface area contributed by atoms with Gasteiger partial charge in [0, 0.05) is 18.9 Å². The fraction of sp³-hybridized carbons (Fsp3) is 0.208. The Kier molecular flexibility index (Phi) is 7.38. The summed E-state index contributed by atoms with van der Waals surface area (Å²) in [7, 11) is -2.07.